The zero-order chi connectivity index (χ0) is 24.1. The molecule has 0 aromatic rings. The standard InChI is InChI=1S/C16H30N8O6S/c1-7(17)12(26)24-10(6-31)14(28)23-9(5-11(18)25)13(27)22-8(15(29)30)3-2-4-21-16(19)20/h7-10,31H,2-6,17H2,1H3,(H2,18,25)(H,22,27)(H,23,28)(H,24,26)(H,29,30)(H4,19,20,21). The number of hydrogen-bond acceptors (Lipinski definition) is 8. The molecule has 0 aliphatic heterocycles. The summed E-state index contributed by atoms with van der Waals surface area (Å²) in [5, 5.41) is 16.1. The zero-order valence-corrected chi connectivity index (χ0v) is 17.9. The van der Waals surface area contributed by atoms with E-state index in [0.29, 0.717) is 0 Å². The van der Waals surface area contributed by atoms with Gasteiger partial charge in [0.25, 0.3) is 0 Å². The maximum atomic E-state index is 12.5. The molecule has 0 spiro atoms. The van der Waals surface area contributed by atoms with Gasteiger partial charge in [-0.3, -0.25) is 24.2 Å². The molecule has 31 heavy (non-hydrogen) atoms. The van der Waals surface area contributed by atoms with Gasteiger partial charge in [-0.15, -0.1) is 0 Å². The van der Waals surface area contributed by atoms with Crippen molar-refractivity contribution in [2.75, 3.05) is 12.3 Å². The van der Waals surface area contributed by atoms with E-state index >= 15 is 0 Å². The van der Waals surface area contributed by atoms with Crippen molar-refractivity contribution >= 4 is 48.2 Å². The molecule has 0 aliphatic carbocycles. The third-order valence-corrected chi connectivity index (χ3v) is 4.19. The minimum atomic E-state index is -1.47. The van der Waals surface area contributed by atoms with E-state index in [1.165, 1.54) is 6.92 Å². The van der Waals surface area contributed by atoms with Gasteiger partial charge >= 0.3 is 5.97 Å². The van der Waals surface area contributed by atoms with E-state index in [0.717, 1.165) is 0 Å². The van der Waals surface area contributed by atoms with E-state index in [9.17, 15) is 29.1 Å². The second kappa shape index (κ2) is 14.0. The van der Waals surface area contributed by atoms with Crippen LogP contribution in [0.2, 0.25) is 0 Å². The van der Waals surface area contributed by atoms with Gasteiger partial charge < -0.3 is 44.0 Å². The number of nitrogens with one attached hydrogen (secondary N) is 3. The number of aliphatic carboxylic acids is 1. The summed E-state index contributed by atoms with van der Waals surface area (Å²) >= 11 is 3.97. The number of carbonyl (C=O) groups is 5. The number of carboxylic acids is 1. The Morgan fingerprint density at radius 2 is 1.45 bits per heavy atom. The van der Waals surface area contributed by atoms with E-state index in [1.54, 1.807) is 0 Å². The highest BCUT2D eigenvalue weighted by Crippen LogP contribution is 2.02. The molecule has 0 aromatic heterocycles. The molecule has 0 aliphatic rings. The van der Waals surface area contributed by atoms with Crippen molar-refractivity contribution in [1.82, 2.24) is 16.0 Å². The summed E-state index contributed by atoms with van der Waals surface area (Å²) in [5.74, 6) is -4.94. The average molecular weight is 463 g/mol. The summed E-state index contributed by atoms with van der Waals surface area (Å²) in [6.45, 7) is 1.55. The van der Waals surface area contributed by atoms with E-state index in [-0.39, 0.29) is 31.1 Å². The van der Waals surface area contributed by atoms with Crippen LogP contribution in [0.1, 0.15) is 26.2 Å². The predicted molar refractivity (Wildman–Crippen MR) is 115 cm³/mol. The summed E-state index contributed by atoms with van der Waals surface area (Å²) in [7, 11) is 0. The lowest BCUT2D eigenvalue weighted by Crippen LogP contribution is -2.58. The van der Waals surface area contributed by atoms with E-state index in [2.05, 4.69) is 33.6 Å². The Balaban J connectivity index is 5.20. The van der Waals surface area contributed by atoms with Crippen molar-refractivity contribution in [3.05, 3.63) is 0 Å². The van der Waals surface area contributed by atoms with E-state index < -0.39 is 60.2 Å². The first-order chi connectivity index (χ1) is 14.4. The van der Waals surface area contributed by atoms with Crippen LogP contribution in [0.15, 0.2) is 4.99 Å². The molecule has 0 radical (unpaired) electrons. The summed E-state index contributed by atoms with van der Waals surface area (Å²) in [5.41, 5.74) is 20.9. The largest absolute Gasteiger partial charge is 0.480 e. The molecule has 0 fully saturated rings. The van der Waals surface area contributed by atoms with Crippen molar-refractivity contribution in [3.63, 3.8) is 0 Å². The fraction of sp³-hybridized carbons (Fsp3) is 0.625. The van der Waals surface area contributed by atoms with Crippen molar-refractivity contribution in [3.8, 4) is 0 Å². The number of carbonyl (C=O) groups excluding carboxylic acids is 4. The van der Waals surface area contributed by atoms with Crippen LogP contribution in [-0.2, 0) is 24.0 Å². The normalized spacial score (nSPS) is 14.3. The van der Waals surface area contributed by atoms with Crippen LogP contribution in [0.3, 0.4) is 0 Å². The van der Waals surface area contributed by atoms with Crippen LogP contribution < -0.4 is 38.9 Å². The first-order valence-electron chi connectivity index (χ1n) is 9.23. The minimum absolute atomic E-state index is 0.0151. The molecular weight excluding hydrogens is 432 g/mol. The van der Waals surface area contributed by atoms with Crippen LogP contribution in [-0.4, -0.2) is 77.1 Å². The Morgan fingerprint density at radius 1 is 0.935 bits per heavy atom. The second-order valence-electron chi connectivity index (χ2n) is 6.61. The molecule has 0 aromatic carbocycles. The predicted octanol–water partition coefficient (Wildman–Crippen LogP) is -4.27. The lowest BCUT2D eigenvalue weighted by atomic mass is 10.1. The molecular formula is C16H30N8O6S. The number of hydrogen-bond donors (Lipinski definition) is 9. The van der Waals surface area contributed by atoms with Crippen LogP contribution in [0.25, 0.3) is 0 Å². The number of guanidine groups is 1. The molecule has 12 N–H and O–H groups in total. The highest BCUT2D eigenvalue weighted by molar-refractivity contribution is 7.80. The van der Waals surface area contributed by atoms with Crippen molar-refractivity contribution in [2.45, 2.75) is 50.4 Å². The number of thiol groups is 1. The number of nitrogens with zero attached hydrogens (tertiary/aromatic N) is 1. The average Bonchev–Trinajstić information content (AvgIpc) is 2.66. The maximum Gasteiger partial charge on any atom is 0.326 e. The SMILES string of the molecule is CC(N)C(=O)NC(CS)C(=O)NC(CC(N)=O)C(=O)NC(CCCN=C(N)N)C(=O)O. The molecule has 4 amide bonds. The highest BCUT2D eigenvalue weighted by Gasteiger charge is 2.30. The van der Waals surface area contributed by atoms with Gasteiger partial charge in [0.1, 0.15) is 18.1 Å². The van der Waals surface area contributed by atoms with Crippen LogP contribution in [0.4, 0.5) is 0 Å². The molecule has 4 atom stereocenters. The summed E-state index contributed by atoms with van der Waals surface area (Å²) in [6, 6.07) is -4.85. The van der Waals surface area contributed by atoms with Crippen molar-refractivity contribution in [1.29, 1.82) is 0 Å². The second-order valence-corrected chi connectivity index (χ2v) is 6.98. The molecule has 15 heteroatoms. The van der Waals surface area contributed by atoms with E-state index in [1.807, 2.05) is 0 Å². The topological polar surface area (TPSA) is 258 Å². The Bertz CT molecular complexity index is 698. The highest BCUT2D eigenvalue weighted by atomic mass is 32.1. The number of primary amides is 1. The number of carboxylic acid groups (broad SMARTS) is 1. The van der Waals surface area contributed by atoms with Gasteiger partial charge in [-0.1, -0.05) is 0 Å². The lowest BCUT2D eigenvalue weighted by Gasteiger charge is -2.23. The minimum Gasteiger partial charge on any atom is -0.480 e. The number of rotatable bonds is 14. The third kappa shape index (κ3) is 11.6. The molecule has 0 rings (SSSR count). The van der Waals surface area contributed by atoms with Crippen molar-refractivity contribution < 1.29 is 29.1 Å². The van der Waals surface area contributed by atoms with E-state index in [4.69, 9.17) is 22.9 Å². The molecule has 14 nitrogen and oxygen atoms in total. The lowest BCUT2D eigenvalue weighted by molar-refractivity contribution is -0.142. The number of aliphatic imine (C=N–C) groups is 1. The van der Waals surface area contributed by atoms with Gasteiger partial charge in [0.05, 0.1) is 12.5 Å². The molecule has 0 heterocycles. The molecule has 0 bridgehead atoms. The fourth-order valence-corrected chi connectivity index (χ4v) is 2.47. The molecule has 0 saturated heterocycles. The van der Waals surface area contributed by atoms with Gasteiger partial charge in [0.2, 0.25) is 23.6 Å². The summed E-state index contributed by atoms with van der Waals surface area (Å²) < 4.78 is 0. The maximum absolute atomic E-state index is 12.5. The monoisotopic (exact) mass is 462 g/mol. The zero-order valence-electron chi connectivity index (χ0n) is 17.0. The van der Waals surface area contributed by atoms with Crippen LogP contribution >= 0.6 is 12.6 Å². The fourth-order valence-electron chi connectivity index (χ4n) is 2.21. The van der Waals surface area contributed by atoms with Gasteiger partial charge in [-0.05, 0) is 19.8 Å². The van der Waals surface area contributed by atoms with Gasteiger partial charge in [0, 0.05) is 12.3 Å². The third-order valence-electron chi connectivity index (χ3n) is 3.83. The summed E-state index contributed by atoms with van der Waals surface area (Å²) in [6.07, 6.45) is -0.371. The molecule has 0 saturated carbocycles. The molecule has 176 valence electrons. The first-order valence-corrected chi connectivity index (χ1v) is 9.86. The summed E-state index contributed by atoms with van der Waals surface area (Å²) in [4.78, 5) is 63.1. The van der Waals surface area contributed by atoms with Crippen molar-refractivity contribution in [2.24, 2.45) is 27.9 Å². The Labute approximate surface area is 184 Å². The van der Waals surface area contributed by atoms with Crippen LogP contribution in [0.5, 0.6) is 0 Å². The Hall–Kier alpha value is -3.07. The van der Waals surface area contributed by atoms with Gasteiger partial charge in [-0.25, -0.2) is 4.79 Å². The Morgan fingerprint density at radius 3 is 1.90 bits per heavy atom. The van der Waals surface area contributed by atoms with Gasteiger partial charge in [-0.2, -0.15) is 12.6 Å². The quantitative estimate of drug-likeness (QED) is 0.0523. The van der Waals surface area contributed by atoms with Crippen LogP contribution in [0, 0.1) is 0 Å². The first kappa shape index (κ1) is 27.9. The smallest absolute Gasteiger partial charge is 0.326 e. The Kier molecular flexibility index (Phi) is 12.6. The molecule has 4 unspecified atom stereocenters. The number of nitrogens with two attached hydrogens (primary N) is 4. The number of amides is 4. The van der Waals surface area contributed by atoms with Gasteiger partial charge in [0.15, 0.2) is 5.96 Å².